The lowest BCUT2D eigenvalue weighted by Gasteiger charge is -2.09. The lowest BCUT2D eigenvalue weighted by Crippen LogP contribution is -2.21. The summed E-state index contributed by atoms with van der Waals surface area (Å²) < 4.78 is 5.00. The number of nitrogens with zero attached hydrogens (tertiary/aromatic N) is 1. The van der Waals surface area contributed by atoms with E-state index >= 15 is 0 Å². The monoisotopic (exact) mass is 254 g/mol. The molecule has 5 N–H and O–H groups in total. The van der Waals surface area contributed by atoms with Crippen LogP contribution >= 0.6 is 12.2 Å². The highest BCUT2D eigenvalue weighted by atomic mass is 32.1. The predicted octanol–water partition coefficient (Wildman–Crippen LogP) is -0.370. The van der Waals surface area contributed by atoms with Crippen LogP contribution in [0.4, 0.5) is 5.69 Å². The Morgan fingerprint density at radius 1 is 1.53 bits per heavy atom. The molecule has 1 heterocycles. The summed E-state index contributed by atoms with van der Waals surface area (Å²) in [6.07, 6.45) is 1.61. The van der Waals surface area contributed by atoms with Gasteiger partial charge in [-0.05, 0) is 12.1 Å². The number of pyridine rings is 1. The van der Waals surface area contributed by atoms with Crippen molar-refractivity contribution >= 4 is 28.8 Å². The van der Waals surface area contributed by atoms with Crippen molar-refractivity contribution in [2.75, 3.05) is 25.1 Å². The molecule has 92 valence electrons. The highest BCUT2D eigenvalue weighted by Gasteiger charge is 2.04. The van der Waals surface area contributed by atoms with Crippen molar-refractivity contribution in [3.05, 3.63) is 24.0 Å². The number of amides is 1. The van der Waals surface area contributed by atoms with Crippen LogP contribution in [0.15, 0.2) is 18.3 Å². The predicted molar refractivity (Wildman–Crippen MR) is 68.6 cm³/mol. The van der Waals surface area contributed by atoms with Gasteiger partial charge >= 0.3 is 0 Å². The molecule has 0 aliphatic heterocycles. The number of ether oxygens (including phenoxy) is 1. The van der Waals surface area contributed by atoms with Crippen molar-refractivity contribution < 1.29 is 9.53 Å². The number of carbonyl (C=O) groups is 1. The molecule has 0 aromatic carbocycles. The van der Waals surface area contributed by atoms with Gasteiger partial charge in [0.25, 0.3) is 0 Å². The molecule has 17 heavy (non-hydrogen) atoms. The summed E-state index contributed by atoms with van der Waals surface area (Å²) in [7, 11) is 0. The van der Waals surface area contributed by atoms with Crippen LogP contribution in [0.2, 0.25) is 0 Å². The molecule has 1 rings (SSSR count). The third-order valence-corrected chi connectivity index (χ3v) is 2.04. The lowest BCUT2D eigenvalue weighted by atomic mass is 10.3. The molecule has 0 atom stereocenters. The molecule has 0 fully saturated rings. The van der Waals surface area contributed by atoms with Crippen molar-refractivity contribution in [1.29, 1.82) is 0 Å². The van der Waals surface area contributed by atoms with Crippen LogP contribution in [0.1, 0.15) is 5.69 Å². The minimum absolute atomic E-state index is 0.0864. The lowest BCUT2D eigenvalue weighted by molar-refractivity contribution is -0.122. The van der Waals surface area contributed by atoms with Crippen LogP contribution in [-0.4, -0.2) is 35.6 Å². The molecule has 0 bridgehead atoms. The average molecular weight is 254 g/mol. The average Bonchev–Trinajstić information content (AvgIpc) is 2.28. The Hall–Kier alpha value is -1.73. The molecule has 0 saturated heterocycles. The van der Waals surface area contributed by atoms with Crippen molar-refractivity contribution in [1.82, 2.24) is 4.98 Å². The SMILES string of the molecule is NC(=O)COCCNc1cccnc1C(N)=S. The summed E-state index contributed by atoms with van der Waals surface area (Å²) >= 11 is 4.87. The number of rotatable bonds is 7. The maximum atomic E-state index is 10.4. The quantitative estimate of drug-likeness (QED) is 0.453. The molecule has 0 saturated carbocycles. The van der Waals surface area contributed by atoms with Gasteiger partial charge in [-0.1, -0.05) is 12.2 Å². The van der Waals surface area contributed by atoms with Crippen molar-refractivity contribution in [3.8, 4) is 0 Å². The van der Waals surface area contributed by atoms with Gasteiger partial charge in [0.2, 0.25) is 5.91 Å². The largest absolute Gasteiger partial charge is 0.388 e. The number of hydrogen-bond donors (Lipinski definition) is 3. The van der Waals surface area contributed by atoms with Gasteiger partial charge in [-0.15, -0.1) is 0 Å². The van der Waals surface area contributed by atoms with E-state index < -0.39 is 5.91 Å². The molecule has 0 spiro atoms. The van der Waals surface area contributed by atoms with Crippen LogP contribution in [-0.2, 0) is 9.53 Å². The number of anilines is 1. The van der Waals surface area contributed by atoms with E-state index in [4.69, 9.17) is 28.4 Å². The molecule has 0 radical (unpaired) electrons. The Labute approximate surface area is 104 Å². The van der Waals surface area contributed by atoms with E-state index in [1.807, 2.05) is 6.07 Å². The summed E-state index contributed by atoms with van der Waals surface area (Å²) in [4.78, 5) is 14.7. The van der Waals surface area contributed by atoms with E-state index in [0.717, 1.165) is 5.69 Å². The minimum atomic E-state index is -0.491. The van der Waals surface area contributed by atoms with Gasteiger partial charge in [-0.25, -0.2) is 0 Å². The molecule has 1 aromatic heterocycles. The van der Waals surface area contributed by atoms with E-state index in [2.05, 4.69) is 10.3 Å². The van der Waals surface area contributed by atoms with Crippen LogP contribution in [0.5, 0.6) is 0 Å². The van der Waals surface area contributed by atoms with Gasteiger partial charge in [0.15, 0.2) is 0 Å². The molecule has 0 aliphatic rings. The first-order valence-electron chi connectivity index (χ1n) is 4.96. The molecule has 0 aliphatic carbocycles. The Morgan fingerprint density at radius 2 is 2.29 bits per heavy atom. The normalized spacial score (nSPS) is 9.88. The summed E-state index contributed by atoms with van der Waals surface area (Å²) in [5.74, 6) is -0.491. The number of primary amides is 1. The Morgan fingerprint density at radius 3 is 2.94 bits per heavy atom. The van der Waals surface area contributed by atoms with Crippen molar-refractivity contribution in [3.63, 3.8) is 0 Å². The fourth-order valence-corrected chi connectivity index (χ4v) is 1.34. The summed E-state index contributed by atoms with van der Waals surface area (Å²) in [6.45, 7) is 0.778. The van der Waals surface area contributed by atoms with E-state index in [1.165, 1.54) is 0 Å². The second-order valence-electron chi connectivity index (χ2n) is 3.21. The zero-order valence-corrected chi connectivity index (χ0v) is 10.00. The summed E-state index contributed by atoms with van der Waals surface area (Å²) in [5, 5.41) is 3.06. The van der Waals surface area contributed by atoms with Gasteiger partial charge < -0.3 is 21.5 Å². The van der Waals surface area contributed by atoms with Gasteiger partial charge in [-0.2, -0.15) is 0 Å². The molecule has 6 nitrogen and oxygen atoms in total. The maximum absolute atomic E-state index is 10.4. The van der Waals surface area contributed by atoms with Crippen LogP contribution in [0.3, 0.4) is 0 Å². The fourth-order valence-electron chi connectivity index (χ4n) is 1.17. The second-order valence-corrected chi connectivity index (χ2v) is 3.65. The second kappa shape index (κ2) is 6.77. The summed E-state index contributed by atoms with van der Waals surface area (Å²) in [6, 6.07) is 3.59. The van der Waals surface area contributed by atoms with Gasteiger partial charge in [0.1, 0.15) is 17.3 Å². The molecule has 7 heteroatoms. The van der Waals surface area contributed by atoms with Crippen LogP contribution in [0, 0.1) is 0 Å². The molecule has 1 amide bonds. The molecular formula is C10H14N4O2S. The van der Waals surface area contributed by atoms with E-state index in [9.17, 15) is 4.79 Å². The van der Waals surface area contributed by atoms with E-state index in [1.54, 1.807) is 12.3 Å². The fraction of sp³-hybridized carbons (Fsp3) is 0.300. The van der Waals surface area contributed by atoms with E-state index in [0.29, 0.717) is 18.8 Å². The molecular weight excluding hydrogens is 240 g/mol. The van der Waals surface area contributed by atoms with Crippen LogP contribution in [0.25, 0.3) is 0 Å². The Balaban J connectivity index is 2.41. The van der Waals surface area contributed by atoms with Gasteiger partial charge in [0, 0.05) is 12.7 Å². The zero-order valence-electron chi connectivity index (χ0n) is 9.18. The first kappa shape index (κ1) is 13.3. The standard InChI is InChI=1S/C10H14N4O2S/c11-8(15)6-16-5-4-13-7-2-1-3-14-9(7)10(12)17/h1-3,13H,4-6H2,(H2,11,15)(H2,12,17). The van der Waals surface area contributed by atoms with E-state index in [-0.39, 0.29) is 11.6 Å². The number of thiocarbonyl (C=S) groups is 1. The highest BCUT2D eigenvalue weighted by Crippen LogP contribution is 2.11. The number of nitrogens with two attached hydrogens (primary N) is 2. The van der Waals surface area contributed by atoms with Gasteiger partial charge in [-0.3, -0.25) is 9.78 Å². The molecule has 0 unspecified atom stereocenters. The zero-order chi connectivity index (χ0) is 12.7. The topological polar surface area (TPSA) is 103 Å². The molecule has 1 aromatic rings. The Kier molecular flexibility index (Phi) is 5.31. The first-order chi connectivity index (χ1) is 8.11. The number of aromatic nitrogens is 1. The smallest absolute Gasteiger partial charge is 0.243 e. The summed E-state index contributed by atoms with van der Waals surface area (Å²) in [5.41, 5.74) is 11.7. The number of carbonyl (C=O) groups excluding carboxylic acids is 1. The third-order valence-electron chi connectivity index (χ3n) is 1.85. The maximum Gasteiger partial charge on any atom is 0.243 e. The first-order valence-corrected chi connectivity index (χ1v) is 5.37. The number of hydrogen-bond acceptors (Lipinski definition) is 5. The van der Waals surface area contributed by atoms with Gasteiger partial charge in [0.05, 0.1) is 12.3 Å². The minimum Gasteiger partial charge on any atom is -0.388 e. The Bertz CT molecular complexity index is 411. The highest BCUT2D eigenvalue weighted by molar-refractivity contribution is 7.80. The van der Waals surface area contributed by atoms with Crippen LogP contribution < -0.4 is 16.8 Å². The van der Waals surface area contributed by atoms with Crippen molar-refractivity contribution in [2.24, 2.45) is 11.5 Å². The number of nitrogens with one attached hydrogen (secondary N) is 1. The third kappa shape index (κ3) is 4.75. The van der Waals surface area contributed by atoms with Crippen molar-refractivity contribution in [2.45, 2.75) is 0 Å².